The third-order valence-corrected chi connectivity index (χ3v) is 13.8. The monoisotopic (exact) mass is 809 g/mol. The highest BCUT2D eigenvalue weighted by molar-refractivity contribution is 6.06. The number of fused-ring (bicyclic) bond motifs is 18. The number of hydrogen-bond acceptors (Lipinski definition) is 2. The van der Waals surface area contributed by atoms with E-state index >= 15 is 0 Å². The van der Waals surface area contributed by atoms with Crippen molar-refractivity contribution in [3.05, 3.63) is 67.3 Å². The van der Waals surface area contributed by atoms with Crippen molar-refractivity contribution < 1.29 is 0 Å². The van der Waals surface area contributed by atoms with Crippen molar-refractivity contribution in [3.63, 3.8) is 0 Å². The van der Waals surface area contributed by atoms with Crippen LogP contribution in [0.25, 0.3) is 66.4 Å². The van der Waals surface area contributed by atoms with Gasteiger partial charge < -0.3 is 19.9 Å². The predicted molar refractivity (Wildman–Crippen MR) is 262 cm³/mol. The Labute approximate surface area is 361 Å². The van der Waals surface area contributed by atoms with Gasteiger partial charge in [-0.05, 0) is 144 Å². The average Bonchev–Trinajstić information content (AvgIpc) is 4.09. The number of H-pyrrole nitrogens is 4. The van der Waals surface area contributed by atoms with Crippen LogP contribution in [-0.4, -0.2) is 29.9 Å². The third-order valence-electron chi connectivity index (χ3n) is 13.8. The molecule has 60 heavy (non-hydrogen) atoms. The molecule has 0 saturated heterocycles. The van der Waals surface area contributed by atoms with Gasteiger partial charge in [0.15, 0.2) is 0 Å². The van der Waals surface area contributed by atoms with E-state index in [1.807, 2.05) is 0 Å². The van der Waals surface area contributed by atoms with Gasteiger partial charge in [0.2, 0.25) is 0 Å². The zero-order chi connectivity index (χ0) is 42.8. The van der Waals surface area contributed by atoms with Crippen LogP contribution in [0.2, 0.25) is 0 Å². The lowest BCUT2D eigenvalue weighted by Gasteiger charge is -2.08. The van der Waals surface area contributed by atoms with Crippen molar-refractivity contribution in [1.29, 1.82) is 0 Å². The molecule has 0 unspecified atom stereocenters. The first-order valence-corrected chi connectivity index (χ1v) is 24.6. The molecule has 0 amide bonds. The highest BCUT2D eigenvalue weighted by Gasteiger charge is 2.30. The molecule has 12 bridgehead atoms. The van der Waals surface area contributed by atoms with Gasteiger partial charge >= 0.3 is 0 Å². The molecule has 0 radical (unpaired) electrons. The van der Waals surface area contributed by atoms with Gasteiger partial charge in [-0.25, -0.2) is 9.97 Å². The molecule has 0 atom stereocenters. The number of rotatable bonds is 18. The number of aromatic nitrogens is 6. The number of aromatic amines is 4. The molecular formula is C54H76N6. The summed E-state index contributed by atoms with van der Waals surface area (Å²) in [6, 6.07) is 0. The molecule has 2 aliphatic heterocycles. The minimum atomic E-state index is 0.949. The molecule has 5 aromatic heterocycles. The molecule has 7 rings (SSSR count). The molecule has 322 valence electrons. The molecule has 7 heterocycles. The Morgan fingerprint density at radius 3 is 0.783 bits per heavy atom. The zero-order valence-electron chi connectivity index (χ0n) is 39.6. The van der Waals surface area contributed by atoms with Crippen LogP contribution in [0.5, 0.6) is 0 Å². The molecule has 6 nitrogen and oxygen atoms in total. The van der Waals surface area contributed by atoms with Crippen molar-refractivity contribution in [2.45, 2.75) is 199 Å². The molecule has 6 heteroatoms. The summed E-state index contributed by atoms with van der Waals surface area (Å²) in [5.41, 5.74) is 31.9. The van der Waals surface area contributed by atoms with E-state index in [1.54, 1.807) is 0 Å². The van der Waals surface area contributed by atoms with Crippen LogP contribution >= 0.6 is 0 Å². The Balaban J connectivity index is 1.88. The minimum Gasteiger partial charge on any atom is -0.352 e. The van der Waals surface area contributed by atoms with Crippen LogP contribution in [0.3, 0.4) is 0 Å². The van der Waals surface area contributed by atoms with Crippen LogP contribution in [0.4, 0.5) is 0 Å². The number of hydrogen-bond donors (Lipinski definition) is 4. The Bertz CT molecular complexity index is 2620. The highest BCUT2D eigenvalue weighted by Crippen LogP contribution is 2.46. The normalized spacial score (nSPS) is 13.4. The van der Waals surface area contributed by atoms with Crippen LogP contribution in [-0.2, 0) is 51.4 Å². The standard InChI is InChI=1S/C54H76N6/c1-13-25-37-31(19-7)43-44-33(21-9)39(27-15-3)51(57-44)52-41(29-17-5)35(23-11)47(59-52)48-36(24-12)42(30-18-6)54(60-48)53-40(28-16-4)34(22-10)46(58-53)45-32(20-8)38(26-14-2)50(56-45)49(37)55-43/h55-57,60H,13-30H2,1-12H3. The Hall–Kier alpha value is -4.32. The highest BCUT2D eigenvalue weighted by atomic mass is 14.9. The van der Waals surface area contributed by atoms with Gasteiger partial charge in [-0.15, -0.1) is 0 Å². The van der Waals surface area contributed by atoms with Gasteiger partial charge in [-0.1, -0.05) is 122 Å². The Morgan fingerprint density at radius 1 is 0.250 bits per heavy atom. The van der Waals surface area contributed by atoms with Crippen LogP contribution < -0.4 is 0 Å². The first-order valence-electron chi connectivity index (χ1n) is 24.6. The quantitative estimate of drug-likeness (QED) is 0.0710. The van der Waals surface area contributed by atoms with E-state index in [0.717, 1.165) is 133 Å². The van der Waals surface area contributed by atoms with Crippen molar-refractivity contribution in [2.75, 3.05) is 0 Å². The van der Waals surface area contributed by atoms with Gasteiger partial charge in [0, 0.05) is 0 Å². The van der Waals surface area contributed by atoms with Gasteiger partial charge in [0.05, 0.1) is 66.9 Å². The van der Waals surface area contributed by atoms with Crippen molar-refractivity contribution >= 4 is 66.4 Å². The predicted octanol–water partition coefficient (Wildman–Crippen LogP) is 15.6. The van der Waals surface area contributed by atoms with E-state index in [9.17, 15) is 0 Å². The van der Waals surface area contributed by atoms with Gasteiger partial charge in [-0.2, -0.15) is 0 Å². The molecular weight excluding hydrogens is 733 g/mol. The SMILES string of the molecule is CCCC1=C(CC)c2nc1c1[nH]c(c3nc(c4[nH]c(c(CC)c4CCC)c4[nH]c(c(CCC)c4CC)c4[nH]c2c(CC)c4CCC)C(CCC)=C3CC)c(CC)c1CCC. The first-order chi connectivity index (χ1) is 29.3. The van der Waals surface area contributed by atoms with Gasteiger partial charge in [0.25, 0.3) is 0 Å². The summed E-state index contributed by atoms with van der Waals surface area (Å²) in [6.07, 6.45) is 18.4. The second kappa shape index (κ2) is 18.7. The van der Waals surface area contributed by atoms with Crippen molar-refractivity contribution in [3.8, 4) is 0 Å². The van der Waals surface area contributed by atoms with Crippen molar-refractivity contribution in [1.82, 2.24) is 29.9 Å². The summed E-state index contributed by atoms with van der Waals surface area (Å²) in [5, 5.41) is 0. The van der Waals surface area contributed by atoms with Crippen molar-refractivity contribution in [2.24, 2.45) is 0 Å². The molecule has 0 aromatic carbocycles. The lowest BCUT2D eigenvalue weighted by Crippen LogP contribution is -1.93. The summed E-state index contributed by atoms with van der Waals surface area (Å²) in [5.74, 6) is 0. The maximum Gasteiger partial charge on any atom is 0.0911 e. The first kappa shape index (κ1) is 43.8. The van der Waals surface area contributed by atoms with E-state index in [4.69, 9.17) is 9.97 Å². The second-order valence-corrected chi connectivity index (χ2v) is 17.5. The molecule has 0 spiro atoms. The third kappa shape index (κ3) is 7.02. The number of nitrogens with one attached hydrogen (secondary N) is 4. The van der Waals surface area contributed by atoms with Crippen LogP contribution in [0, 0.1) is 0 Å². The zero-order valence-corrected chi connectivity index (χ0v) is 39.6. The molecule has 0 aliphatic carbocycles. The molecule has 4 N–H and O–H groups in total. The largest absolute Gasteiger partial charge is 0.352 e. The second-order valence-electron chi connectivity index (χ2n) is 17.5. The van der Waals surface area contributed by atoms with E-state index in [2.05, 4.69) is 103 Å². The van der Waals surface area contributed by atoms with E-state index < -0.39 is 0 Å². The Kier molecular flexibility index (Phi) is 13.7. The van der Waals surface area contributed by atoms with Gasteiger partial charge in [-0.3, -0.25) is 0 Å². The number of aryl methyl sites for hydroxylation is 8. The maximum absolute atomic E-state index is 5.87. The lowest BCUT2D eigenvalue weighted by atomic mass is 9.94. The summed E-state index contributed by atoms with van der Waals surface area (Å²) >= 11 is 0. The fraction of sp³-hybridized carbons (Fsp3) is 0.556. The Morgan fingerprint density at radius 2 is 0.483 bits per heavy atom. The van der Waals surface area contributed by atoms with Crippen LogP contribution in [0.15, 0.2) is 0 Å². The maximum atomic E-state index is 5.87. The number of nitrogens with zero attached hydrogens (tertiary/aromatic N) is 2. The molecule has 2 aliphatic rings. The van der Waals surface area contributed by atoms with E-state index in [0.29, 0.717) is 0 Å². The van der Waals surface area contributed by atoms with Gasteiger partial charge in [0.1, 0.15) is 0 Å². The summed E-state index contributed by atoms with van der Waals surface area (Å²) in [7, 11) is 0. The fourth-order valence-electron chi connectivity index (χ4n) is 11.3. The summed E-state index contributed by atoms with van der Waals surface area (Å²) in [6.45, 7) is 28.1. The van der Waals surface area contributed by atoms with E-state index in [1.165, 1.54) is 117 Å². The molecule has 0 saturated carbocycles. The summed E-state index contributed by atoms with van der Waals surface area (Å²) in [4.78, 5) is 28.6. The fourth-order valence-corrected chi connectivity index (χ4v) is 11.3. The summed E-state index contributed by atoms with van der Waals surface area (Å²) < 4.78 is 0. The van der Waals surface area contributed by atoms with Crippen LogP contribution in [0.1, 0.15) is 215 Å². The molecule has 0 fully saturated rings. The average molecular weight is 809 g/mol. The van der Waals surface area contributed by atoms with E-state index in [-0.39, 0.29) is 0 Å². The topological polar surface area (TPSA) is 88.9 Å². The minimum absolute atomic E-state index is 0.949. The molecule has 5 aromatic rings. The smallest absolute Gasteiger partial charge is 0.0911 e. The number of allylic oxidation sites excluding steroid dienone is 4. The lowest BCUT2D eigenvalue weighted by molar-refractivity contribution is 0.909.